The van der Waals surface area contributed by atoms with E-state index in [4.69, 9.17) is 5.73 Å². The fraction of sp³-hybridized carbons (Fsp3) is 0.235. The van der Waals surface area contributed by atoms with E-state index in [0.29, 0.717) is 22.8 Å². The number of hydrogen-bond acceptors (Lipinski definition) is 8. The maximum Gasteiger partial charge on any atom is 0.229 e. The number of anilines is 2. The van der Waals surface area contributed by atoms with Crippen LogP contribution >= 0.6 is 11.8 Å². The highest BCUT2D eigenvalue weighted by Crippen LogP contribution is 2.31. The van der Waals surface area contributed by atoms with Crippen molar-refractivity contribution in [3.63, 3.8) is 0 Å². The first-order valence-corrected chi connectivity index (χ1v) is 9.00. The standard InChI is InChI=1S/C17H19FN8S/c1-10(14-21-15(19)23-16(22-14)26(2)3)27-17-20-13(24-25-17)9-6-11-4-7-12(18)8-5-11/h4-10H,1-3H3,(H,20,24,25)(H2,19,21,22,23)/b9-6+. The van der Waals surface area contributed by atoms with Crippen LogP contribution in [0.5, 0.6) is 0 Å². The second-order valence-corrected chi connectivity index (χ2v) is 7.20. The Morgan fingerprint density at radius 1 is 1.11 bits per heavy atom. The average Bonchev–Trinajstić information content (AvgIpc) is 3.08. The van der Waals surface area contributed by atoms with Crippen LogP contribution in [0.25, 0.3) is 12.2 Å². The Bertz CT molecular complexity index is 938. The molecule has 0 aliphatic rings. The number of halogens is 1. The fourth-order valence-corrected chi connectivity index (χ4v) is 2.90. The number of hydrogen-bond donors (Lipinski definition) is 2. The zero-order valence-electron chi connectivity index (χ0n) is 15.1. The average molecular weight is 386 g/mol. The lowest BCUT2D eigenvalue weighted by atomic mass is 10.2. The molecule has 1 atom stereocenters. The number of aromatic nitrogens is 6. The van der Waals surface area contributed by atoms with Gasteiger partial charge in [-0.25, -0.2) is 9.37 Å². The van der Waals surface area contributed by atoms with E-state index in [-0.39, 0.29) is 17.0 Å². The van der Waals surface area contributed by atoms with Gasteiger partial charge in [-0.05, 0) is 30.7 Å². The van der Waals surface area contributed by atoms with Crippen LogP contribution in [0.1, 0.15) is 29.4 Å². The predicted octanol–water partition coefficient (Wildman–Crippen LogP) is 2.80. The third-order valence-electron chi connectivity index (χ3n) is 3.49. The van der Waals surface area contributed by atoms with Gasteiger partial charge in [0, 0.05) is 14.1 Å². The summed E-state index contributed by atoms with van der Waals surface area (Å²) in [7, 11) is 3.68. The van der Waals surface area contributed by atoms with E-state index in [1.54, 1.807) is 23.1 Å². The maximum atomic E-state index is 12.9. The summed E-state index contributed by atoms with van der Waals surface area (Å²) in [5.74, 6) is 1.57. The third-order valence-corrected chi connectivity index (χ3v) is 4.45. The molecule has 0 aliphatic carbocycles. The molecule has 1 unspecified atom stereocenters. The maximum absolute atomic E-state index is 12.9. The number of nitrogens with zero attached hydrogens (tertiary/aromatic N) is 6. The Hall–Kier alpha value is -3.01. The Kier molecular flexibility index (Phi) is 5.65. The van der Waals surface area contributed by atoms with Crippen LogP contribution < -0.4 is 10.6 Å². The highest BCUT2D eigenvalue weighted by atomic mass is 32.2. The van der Waals surface area contributed by atoms with Crippen molar-refractivity contribution in [2.75, 3.05) is 24.7 Å². The number of H-pyrrole nitrogens is 1. The van der Waals surface area contributed by atoms with Gasteiger partial charge < -0.3 is 10.6 Å². The van der Waals surface area contributed by atoms with Crippen molar-refractivity contribution in [2.45, 2.75) is 17.3 Å². The number of nitrogens with one attached hydrogen (secondary N) is 1. The van der Waals surface area contributed by atoms with Crippen molar-refractivity contribution in [3.05, 3.63) is 47.3 Å². The van der Waals surface area contributed by atoms with Crippen molar-refractivity contribution in [3.8, 4) is 0 Å². The van der Waals surface area contributed by atoms with E-state index in [1.165, 1.54) is 23.9 Å². The Morgan fingerprint density at radius 3 is 2.56 bits per heavy atom. The van der Waals surface area contributed by atoms with Crippen LogP contribution in [0.15, 0.2) is 29.4 Å². The normalized spacial score (nSPS) is 12.4. The molecule has 0 fully saturated rings. The minimum absolute atomic E-state index is 0.112. The number of nitrogen functional groups attached to an aromatic ring is 1. The summed E-state index contributed by atoms with van der Waals surface area (Å²) in [4.78, 5) is 18.9. The minimum Gasteiger partial charge on any atom is -0.368 e. The van der Waals surface area contributed by atoms with Gasteiger partial charge in [0.05, 0.1) is 5.25 Å². The van der Waals surface area contributed by atoms with Gasteiger partial charge in [-0.1, -0.05) is 30.0 Å². The van der Waals surface area contributed by atoms with Crippen molar-refractivity contribution in [1.82, 2.24) is 30.1 Å². The number of aromatic amines is 1. The molecule has 1 aromatic carbocycles. The Morgan fingerprint density at radius 2 is 1.85 bits per heavy atom. The molecular weight excluding hydrogens is 367 g/mol. The van der Waals surface area contributed by atoms with Crippen LogP contribution in [0, 0.1) is 5.82 Å². The van der Waals surface area contributed by atoms with Gasteiger partial charge in [0.15, 0.2) is 0 Å². The molecule has 0 amide bonds. The van der Waals surface area contributed by atoms with Crippen LogP contribution in [0.3, 0.4) is 0 Å². The summed E-state index contributed by atoms with van der Waals surface area (Å²) >= 11 is 1.41. The largest absolute Gasteiger partial charge is 0.368 e. The quantitative estimate of drug-likeness (QED) is 0.623. The van der Waals surface area contributed by atoms with E-state index in [2.05, 4.69) is 30.1 Å². The molecule has 0 saturated carbocycles. The topological polar surface area (TPSA) is 110 Å². The van der Waals surface area contributed by atoms with Gasteiger partial charge >= 0.3 is 0 Å². The fourth-order valence-electron chi connectivity index (χ4n) is 2.12. The summed E-state index contributed by atoms with van der Waals surface area (Å²) in [6.07, 6.45) is 3.61. The molecule has 2 aromatic heterocycles. The van der Waals surface area contributed by atoms with Gasteiger partial charge in [0.25, 0.3) is 0 Å². The lowest BCUT2D eigenvalue weighted by molar-refractivity contribution is 0.628. The summed E-state index contributed by atoms with van der Waals surface area (Å²) in [5.41, 5.74) is 6.64. The molecule has 0 saturated heterocycles. The van der Waals surface area contributed by atoms with Gasteiger partial charge in [0.1, 0.15) is 17.5 Å². The van der Waals surface area contributed by atoms with E-state index >= 15 is 0 Å². The Labute approximate surface area is 160 Å². The van der Waals surface area contributed by atoms with E-state index in [0.717, 1.165) is 5.56 Å². The summed E-state index contributed by atoms with van der Waals surface area (Å²) in [6.45, 7) is 1.95. The van der Waals surface area contributed by atoms with Gasteiger partial charge in [-0.15, -0.1) is 5.10 Å². The molecular formula is C17H19FN8S. The molecule has 2 heterocycles. The zero-order chi connectivity index (χ0) is 19.4. The molecule has 3 N–H and O–H groups in total. The predicted molar refractivity (Wildman–Crippen MR) is 105 cm³/mol. The molecule has 0 aliphatic heterocycles. The Balaban J connectivity index is 1.69. The lowest BCUT2D eigenvalue weighted by Gasteiger charge is -2.13. The number of rotatable bonds is 6. The lowest BCUT2D eigenvalue weighted by Crippen LogP contribution is -2.16. The second kappa shape index (κ2) is 8.12. The first-order valence-electron chi connectivity index (χ1n) is 8.12. The molecule has 3 aromatic rings. The van der Waals surface area contributed by atoms with Crippen LogP contribution in [0.2, 0.25) is 0 Å². The first-order chi connectivity index (χ1) is 12.9. The van der Waals surface area contributed by atoms with E-state index in [9.17, 15) is 4.39 Å². The van der Waals surface area contributed by atoms with Crippen molar-refractivity contribution in [2.24, 2.45) is 0 Å². The zero-order valence-corrected chi connectivity index (χ0v) is 15.9. The summed E-state index contributed by atoms with van der Waals surface area (Å²) in [6, 6.07) is 6.19. The smallest absolute Gasteiger partial charge is 0.229 e. The highest BCUT2D eigenvalue weighted by molar-refractivity contribution is 7.99. The molecule has 27 heavy (non-hydrogen) atoms. The molecule has 140 valence electrons. The van der Waals surface area contributed by atoms with Gasteiger partial charge in [0.2, 0.25) is 17.1 Å². The molecule has 0 bridgehead atoms. The van der Waals surface area contributed by atoms with Crippen LogP contribution in [0.4, 0.5) is 16.3 Å². The van der Waals surface area contributed by atoms with E-state index in [1.807, 2.05) is 27.1 Å². The second-order valence-electron chi connectivity index (χ2n) is 5.89. The molecule has 0 spiro atoms. The van der Waals surface area contributed by atoms with E-state index < -0.39 is 0 Å². The highest BCUT2D eigenvalue weighted by Gasteiger charge is 2.16. The van der Waals surface area contributed by atoms with Gasteiger partial charge in [-0.2, -0.15) is 15.0 Å². The van der Waals surface area contributed by atoms with Crippen molar-refractivity contribution < 1.29 is 4.39 Å². The third kappa shape index (κ3) is 5.00. The molecule has 3 rings (SSSR count). The monoisotopic (exact) mass is 386 g/mol. The summed E-state index contributed by atoms with van der Waals surface area (Å²) < 4.78 is 12.9. The van der Waals surface area contributed by atoms with Crippen molar-refractivity contribution >= 4 is 35.8 Å². The number of benzene rings is 1. The molecule has 0 radical (unpaired) electrons. The summed E-state index contributed by atoms with van der Waals surface area (Å²) in [5, 5.41) is 7.50. The molecule has 8 nitrogen and oxygen atoms in total. The SMILES string of the molecule is CC(Sc1n[nH]c(/C=C/c2ccc(F)cc2)n1)c1nc(N)nc(N(C)C)n1. The van der Waals surface area contributed by atoms with Crippen molar-refractivity contribution in [1.29, 1.82) is 0 Å². The number of nitrogens with two attached hydrogens (primary N) is 1. The van der Waals surface area contributed by atoms with Crippen LogP contribution in [-0.4, -0.2) is 44.2 Å². The first kappa shape index (κ1) is 18.8. The number of thioether (sulfide) groups is 1. The van der Waals surface area contributed by atoms with Gasteiger partial charge in [-0.3, -0.25) is 5.10 Å². The van der Waals surface area contributed by atoms with Crippen LogP contribution in [-0.2, 0) is 0 Å². The minimum atomic E-state index is -0.268. The molecule has 10 heteroatoms.